The largest absolute Gasteiger partial charge is 0.381 e. The van der Waals surface area contributed by atoms with E-state index in [4.69, 9.17) is 11.6 Å². The third kappa shape index (κ3) is 4.79. The molecule has 0 fully saturated rings. The number of nitrogens with one attached hydrogen (secondary N) is 1. The standard InChI is InChI=1S/C23H20ClF2N5O2/c1-15(29-22(32)16-8-9-30(11-16)19-5-2-17(24)3-6-19)23(33,12-31-14-27-13-28-31)20-7-4-18(25)10-21(20)26/h2-11,13-15,33H,12H2,1H3,(H,29,32). The van der Waals surface area contributed by atoms with E-state index < -0.39 is 29.2 Å². The number of benzene rings is 2. The minimum Gasteiger partial charge on any atom is -0.381 e. The lowest BCUT2D eigenvalue weighted by Gasteiger charge is -2.35. The van der Waals surface area contributed by atoms with Crippen molar-refractivity contribution in [2.45, 2.75) is 25.1 Å². The predicted molar refractivity (Wildman–Crippen MR) is 118 cm³/mol. The van der Waals surface area contributed by atoms with E-state index in [9.17, 15) is 18.7 Å². The van der Waals surface area contributed by atoms with Crippen LogP contribution in [0.15, 0.2) is 73.6 Å². The maximum absolute atomic E-state index is 14.6. The van der Waals surface area contributed by atoms with Crippen molar-refractivity contribution in [3.05, 3.63) is 101 Å². The normalized spacial score (nSPS) is 14.0. The Labute approximate surface area is 193 Å². The van der Waals surface area contributed by atoms with E-state index in [1.165, 1.54) is 24.3 Å². The van der Waals surface area contributed by atoms with E-state index in [1.807, 2.05) is 0 Å². The molecule has 1 amide bonds. The van der Waals surface area contributed by atoms with Crippen LogP contribution < -0.4 is 5.32 Å². The minimum absolute atomic E-state index is 0.175. The summed E-state index contributed by atoms with van der Waals surface area (Å²) in [7, 11) is 0. The quantitative estimate of drug-likeness (QED) is 0.430. The number of aliphatic hydroxyl groups is 1. The van der Waals surface area contributed by atoms with Crippen molar-refractivity contribution in [2.75, 3.05) is 0 Å². The molecule has 0 spiro atoms. The molecule has 0 aliphatic carbocycles. The first-order chi connectivity index (χ1) is 15.8. The SMILES string of the molecule is CC(NC(=O)c1ccn(-c2ccc(Cl)cc2)c1)C(O)(Cn1cncn1)c1ccc(F)cc1F. The van der Waals surface area contributed by atoms with Crippen molar-refractivity contribution < 1.29 is 18.7 Å². The molecule has 7 nitrogen and oxygen atoms in total. The van der Waals surface area contributed by atoms with E-state index in [1.54, 1.807) is 47.3 Å². The number of carbonyl (C=O) groups excluding carboxylic acids is 1. The Kier molecular flexibility index (Phi) is 6.26. The first-order valence-electron chi connectivity index (χ1n) is 10.0. The van der Waals surface area contributed by atoms with Gasteiger partial charge in [-0.05, 0) is 43.3 Å². The van der Waals surface area contributed by atoms with Gasteiger partial charge < -0.3 is 15.0 Å². The molecule has 10 heteroatoms. The number of hydrogen-bond acceptors (Lipinski definition) is 4. The molecule has 0 saturated carbocycles. The minimum atomic E-state index is -1.94. The fourth-order valence-corrected chi connectivity index (χ4v) is 3.69. The van der Waals surface area contributed by atoms with Gasteiger partial charge in [0.1, 0.15) is 29.9 Å². The number of hydrogen-bond donors (Lipinski definition) is 2. The van der Waals surface area contributed by atoms with E-state index in [2.05, 4.69) is 15.4 Å². The summed E-state index contributed by atoms with van der Waals surface area (Å²) in [5, 5.41) is 18.8. The van der Waals surface area contributed by atoms with Crippen molar-refractivity contribution in [2.24, 2.45) is 0 Å². The molecular weight excluding hydrogens is 452 g/mol. The summed E-state index contributed by atoms with van der Waals surface area (Å²) in [5.74, 6) is -2.19. The van der Waals surface area contributed by atoms with Crippen LogP contribution in [-0.2, 0) is 12.1 Å². The number of amides is 1. The molecule has 2 atom stereocenters. The van der Waals surface area contributed by atoms with Gasteiger partial charge in [0.05, 0.1) is 18.2 Å². The molecule has 0 bridgehead atoms. The smallest absolute Gasteiger partial charge is 0.253 e. The van der Waals surface area contributed by atoms with E-state index in [0.717, 1.165) is 17.8 Å². The summed E-state index contributed by atoms with van der Waals surface area (Å²) < 4.78 is 31.2. The van der Waals surface area contributed by atoms with Gasteiger partial charge in [0, 0.05) is 34.7 Å². The lowest BCUT2D eigenvalue weighted by atomic mass is 9.86. The number of rotatable bonds is 7. The van der Waals surface area contributed by atoms with Crippen molar-refractivity contribution in [3.63, 3.8) is 0 Å². The lowest BCUT2D eigenvalue weighted by Crippen LogP contribution is -2.51. The maximum Gasteiger partial charge on any atom is 0.253 e. The van der Waals surface area contributed by atoms with Crippen LogP contribution in [0, 0.1) is 11.6 Å². The van der Waals surface area contributed by atoms with Crippen LogP contribution in [0.4, 0.5) is 8.78 Å². The second-order valence-corrected chi connectivity index (χ2v) is 8.06. The van der Waals surface area contributed by atoms with E-state index in [-0.39, 0.29) is 12.1 Å². The molecule has 0 aliphatic rings. The van der Waals surface area contributed by atoms with Crippen LogP contribution >= 0.6 is 11.6 Å². The van der Waals surface area contributed by atoms with Crippen LogP contribution in [0.2, 0.25) is 5.02 Å². The van der Waals surface area contributed by atoms with Gasteiger partial charge in [-0.3, -0.25) is 4.79 Å². The summed E-state index contributed by atoms with van der Waals surface area (Å²) in [6.45, 7) is 1.32. The van der Waals surface area contributed by atoms with Crippen LogP contribution in [0.3, 0.4) is 0 Å². The molecule has 2 unspecified atom stereocenters. The maximum atomic E-state index is 14.6. The molecule has 4 rings (SSSR count). The Hall–Kier alpha value is -3.56. The van der Waals surface area contributed by atoms with Gasteiger partial charge in [0.2, 0.25) is 0 Å². The first kappa shape index (κ1) is 22.6. The molecule has 2 N–H and O–H groups in total. The predicted octanol–water partition coefficient (Wildman–Crippen LogP) is 3.71. The van der Waals surface area contributed by atoms with Gasteiger partial charge in [0.15, 0.2) is 0 Å². The zero-order valence-corrected chi connectivity index (χ0v) is 18.2. The molecule has 2 aromatic heterocycles. The number of aromatic nitrogens is 4. The van der Waals surface area contributed by atoms with Crippen molar-refractivity contribution in [3.8, 4) is 5.69 Å². The second kappa shape index (κ2) is 9.13. The molecule has 2 heterocycles. The fourth-order valence-electron chi connectivity index (χ4n) is 3.56. The van der Waals surface area contributed by atoms with Crippen LogP contribution in [0.5, 0.6) is 0 Å². The summed E-state index contributed by atoms with van der Waals surface area (Å²) in [6.07, 6.45) is 5.96. The summed E-state index contributed by atoms with van der Waals surface area (Å²) in [5.41, 5.74) is -0.979. The van der Waals surface area contributed by atoms with Crippen LogP contribution in [-0.4, -0.2) is 36.4 Å². The van der Waals surface area contributed by atoms with Gasteiger partial charge >= 0.3 is 0 Å². The third-order valence-corrected chi connectivity index (χ3v) is 5.66. The fraction of sp³-hybridized carbons (Fsp3) is 0.174. The Balaban J connectivity index is 1.59. The molecule has 2 aromatic carbocycles. The molecule has 0 aliphatic heterocycles. The Bertz CT molecular complexity index is 1260. The highest BCUT2D eigenvalue weighted by molar-refractivity contribution is 6.30. The highest BCUT2D eigenvalue weighted by atomic mass is 35.5. The zero-order chi connectivity index (χ0) is 23.6. The Morgan fingerprint density at radius 2 is 1.97 bits per heavy atom. The van der Waals surface area contributed by atoms with E-state index in [0.29, 0.717) is 16.7 Å². The average molecular weight is 472 g/mol. The topological polar surface area (TPSA) is 85.0 Å². The molecular formula is C23H20ClF2N5O2. The Morgan fingerprint density at radius 3 is 2.64 bits per heavy atom. The number of halogens is 3. The molecule has 33 heavy (non-hydrogen) atoms. The molecule has 170 valence electrons. The van der Waals surface area contributed by atoms with E-state index >= 15 is 0 Å². The van der Waals surface area contributed by atoms with Crippen molar-refractivity contribution >= 4 is 17.5 Å². The first-order valence-corrected chi connectivity index (χ1v) is 10.4. The molecule has 4 aromatic rings. The monoisotopic (exact) mass is 471 g/mol. The average Bonchev–Trinajstić information content (AvgIpc) is 3.46. The highest BCUT2D eigenvalue weighted by Crippen LogP contribution is 2.30. The Morgan fingerprint density at radius 1 is 1.21 bits per heavy atom. The molecule has 0 radical (unpaired) electrons. The van der Waals surface area contributed by atoms with Gasteiger partial charge in [0.25, 0.3) is 5.91 Å². The van der Waals surface area contributed by atoms with Crippen molar-refractivity contribution in [1.29, 1.82) is 0 Å². The van der Waals surface area contributed by atoms with Crippen LogP contribution in [0.1, 0.15) is 22.8 Å². The zero-order valence-electron chi connectivity index (χ0n) is 17.5. The summed E-state index contributed by atoms with van der Waals surface area (Å²) >= 11 is 5.92. The lowest BCUT2D eigenvalue weighted by molar-refractivity contribution is -0.0186. The summed E-state index contributed by atoms with van der Waals surface area (Å²) in [4.78, 5) is 16.8. The van der Waals surface area contributed by atoms with Crippen LogP contribution in [0.25, 0.3) is 5.69 Å². The van der Waals surface area contributed by atoms with Crippen molar-refractivity contribution in [1.82, 2.24) is 24.6 Å². The highest BCUT2D eigenvalue weighted by Gasteiger charge is 2.40. The third-order valence-electron chi connectivity index (χ3n) is 5.41. The van der Waals surface area contributed by atoms with Gasteiger partial charge in [-0.1, -0.05) is 17.7 Å². The second-order valence-electron chi connectivity index (χ2n) is 7.62. The number of nitrogens with zero attached hydrogens (tertiary/aromatic N) is 4. The van der Waals surface area contributed by atoms with Gasteiger partial charge in [-0.2, -0.15) is 5.10 Å². The molecule has 0 saturated heterocycles. The summed E-state index contributed by atoms with van der Waals surface area (Å²) in [6, 6.07) is 10.6. The van der Waals surface area contributed by atoms with Gasteiger partial charge in [-0.25, -0.2) is 18.4 Å². The van der Waals surface area contributed by atoms with Gasteiger partial charge in [-0.15, -0.1) is 0 Å². The number of carbonyl (C=O) groups is 1.